The molecule has 280 valence electrons. The van der Waals surface area contributed by atoms with E-state index in [2.05, 4.69) is 226 Å². The molecule has 0 aromatic heterocycles. The summed E-state index contributed by atoms with van der Waals surface area (Å²) in [6, 6.07) is 65.5. The third-order valence-electron chi connectivity index (χ3n) is 13.3. The molecule has 0 heterocycles. The van der Waals surface area contributed by atoms with Crippen LogP contribution < -0.4 is 20.2 Å². The van der Waals surface area contributed by atoms with Gasteiger partial charge < -0.3 is 9.80 Å². The summed E-state index contributed by atoms with van der Waals surface area (Å²) < 4.78 is 0. The molecule has 3 aliphatic rings. The molecule has 0 aliphatic heterocycles. The van der Waals surface area contributed by atoms with Crippen LogP contribution in [0.2, 0.25) is 0 Å². The number of para-hydroxylation sites is 2. The number of fused-ring (bicyclic) bond motifs is 8. The van der Waals surface area contributed by atoms with Gasteiger partial charge in [0.1, 0.15) is 0 Å². The molecule has 0 fully saturated rings. The Balaban J connectivity index is 1.01. The summed E-state index contributed by atoms with van der Waals surface area (Å²) in [7, 11) is 0. The van der Waals surface area contributed by atoms with Crippen molar-refractivity contribution in [1.82, 2.24) is 0 Å². The molecule has 11 rings (SSSR count). The Kier molecular flexibility index (Phi) is 7.72. The smallest absolute Gasteiger partial charge is 0.0566 e. The average molecular weight is 747 g/mol. The highest BCUT2D eigenvalue weighted by atomic mass is 15.2. The SMILES string of the molecule is CC1(C)c2cc(N(c3ccccc3)c3ccc4ccccc4c3)ccc2-c2cc3c(cc21)C(C)(C)c1cc(N(c2ccccc2)C2C=c4ccccc4=CC2)ccc1-3. The summed E-state index contributed by atoms with van der Waals surface area (Å²) in [5.74, 6) is 0. The lowest BCUT2D eigenvalue weighted by molar-refractivity contribution is 0.639. The van der Waals surface area contributed by atoms with Crippen molar-refractivity contribution in [3.8, 4) is 22.3 Å². The molecule has 0 saturated carbocycles. The standard InChI is InChI=1S/C56H46N2/c1-55(2)51-33-45(57(41-19-7-5-8-20-41)43-25-23-37-15-11-13-17-39(37)31-43)27-29-47(51)49-35-50-48-30-28-46(34-52(48)56(3,4)54(50)36-53(49)55)58(42-21-9-6-10-22-42)44-26-24-38-16-12-14-18-40(38)32-44/h5-25,27-36,44H,26H2,1-4H3. The van der Waals surface area contributed by atoms with Crippen molar-refractivity contribution < 1.29 is 0 Å². The lowest BCUT2D eigenvalue weighted by Crippen LogP contribution is -2.37. The first-order valence-electron chi connectivity index (χ1n) is 20.7. The minimum absolute atomic E-state index is 0.163. The minimum Gasteiger partial charge on any atom is -0.334 e. The van der Waals surface area contributed by atoms with Gasteiger partial charge in [-0.25, -0.2) is 0 Å². The van der Waals surface area contributed by atoms with Crippen molar-refractivity contribution in [2.24, 2.45) is 0 Å². The Labute approximate surface area is 341 Å². The Morgan fingerprint density at radius 2 is 0.914 bits per heavy atom. The number of hydrogen-bond acceptors (Lipinski definition) is 2. The molecule has 3 aliphatic carbocycles. The molecule has 1 unspecified atom stereocenters. The summed E-state index contributed by atoms with van der Waals surface area (Å²) >= 11 is 0. The van der Waals surface area contributed by atoms with E-state index in [1.807, 2.05) is 0 Å². The normalized spacial score (nSPS) is 16.2. The van der Waals surface area contributed by atoms with Gasteiger partial charge in [0.2, 0.25) is 0 Å². The zero-order valence-electron chi connectivity index (χ0n) is 33.6. The van der Waals surface area contributed by atoms with Crippen LogP contribution in [0, 0.1) is 0 Å². The van der Waals surface area contributed by atoms with Crippen LogP contribution in [0.1, 0.15) is 56.4 Å². The van der Waals surface area contributed by atoms with Crippen molar-refractivity contribution in [3.63, 3.8) is 0 Å². The number of anilines is 5. The molecular weight excluding hydrogens is 701 g/mol. The van der Waals surface area contributed by atoms with Gasteiger partial charge in [-0.2, -0.15) is 0 Å². The molecule has 8 aromatic rings. The summed E-state index contributed by atoms with van der Waals surface area (Å²) in [5, 5.41) is 5.12. The number of rotatable bonds is 6. The van der Waals surface area contributed by atoms with Gasteiger partial charge in [0.05, 0.1) is 6.04 Å². The highest BCUT2D eigenvalue weighted by molar-refractivity contribution is 5.94. The van der Waals surface area contributed by atoms with Gasteiger partial charge in [-0.1, -0.05) is 149 Å². The van der Waals surface area contributed by atoms with E-state index in [1.165, 1.54) is 82.8 Å². The highest BCUT2D eigenvalue weighted by Gasteiger charge is 2.42. The van der Waals surface area contributed by atoms with Gasteiger partial charge in [0.25, 0.3) is 0 Å². The number of hydrogen-bond donors (Lipinski definition) is 0. The van der Waals surface area contributed by atoms with Crippen LogP contribution in [0.3, 0.4) is 0 Å². The first kappa shape index (κ1) is 34.6. The third-order valence-corrected chi connectivity index (χ3v) is 13.3. The van der Waals surface area contributed by atoms with E-state index in [-0.39, 0.29) is 16.9 Å². The summed E-state index contributed by atoms with van der Waals surface area (Å²) in [6.07, 6.45) is 5.81. The predicted molar refractivity (Wildman–Crippen MR) is 245 cm³/mol. The fourth-order valence-corrected chi connectivity index (χ4v) is 10.2. The lowest BCUT2D eigenvalue weighted by atomic mass is 9.77. The van der Waals surface area contributed by atoms with E-state index in [9.17, 15) is 0 Å². The second-order valence-corrected chi connectivity index (χ2v) is 17.4. The van der Waals surface area contributed by atoms with E-state index in [4.69, 9.17) is 0 Å². The Morgan fingerprint density at radius 3 is 1.60 bits per heavy atom. The van der Waals surface area contributed by atoms with Gasteiger partial charge in [-0.05, 0) is 139 Å². The molecule has 0 radical (unpaired) electrons. The predicted octanol–water partition coefficient (Wildman–Crippen LogP) is 13.1. The minimum atomic E-state index is -0.175. The van der Waals surface area contributed by atoms with Crippen molar-refractivity contribution in [2.75, 3.05) is 9.80 Å². The molecule has 2 nitrogen and oxygen atoms in total. The lowest BCUT2D eigenvalue weighted by Gasteiger charge is -2.34. The fourth-order valence-electron chi connectivity index (χ4n) is 10.2. The van der Waals surface area contributed by atoms with Gasteiger partial charge in [0.15, 0.2) is 0 Å². The molecule has 58 heavy (non-hydrogen) atoms. The maximum absolute atomic E-state index is 2.55. The zero-order chi connectivity index (χ0) is 39.2. The van der Waals surface area contributed by atoms with Gasteiger partial charge >= 0.3 is 0 Å². The molecule has 0 bridgehead atoms. The molecule has 2 heteroatoms. The topological polar surface area (TPSA) is 6.48 Å². The van der Waals surface area contributed by atoms with Crippen LogP contribution in [0.5, 0.6) is 0 Å². The molecular formula is C56H46N2. The van der Waals surface area contributed by atoms with Crippen LogP contribution in [0.15, 0.2) is 176 Å². The van der Waals surface area contributed by atoms with E-state index in [0.29, 0.717) is 0 Å². The first-order chi connectivity index (χ1) is 28.3. The third kappa shape index (κ3) is 5.32. The monoisotopic (exact) mass is 746 g/mol. The molecule has 0 amide bonds. The quantitative estimate of drug-likeness (QED) is 0.167. The van der Waals surface area contributed by atoms with Gasteiger partial charge in [-0.15, -0.1) is 0 Å². The highest BCUT2D eigenvalue weighted by Crippen LogP contribution is 2.57. The maximum Gasteiger partial charge on any atom is 0.0566 e. The van der Waals surface area contributed by atoms with Crippen molar-refractivity contribution in [2.45, 2.75) is 51.0 Å². The maximum atomic E-state index is 2.55. The second-order valence-electron chi connectivity index (χ2n) is 17.4. The first-order valence-corrected chi connectivity index (χ1v) is 20.7. The van der Waals surface area contributed by atoms with E-state index in [1.54, 1.807) is 0 Å². The van der Waals surface area contributed by atoms with Crippen molar-refractivity contribution in [3.05, 3.63) is 209 Å². The Morgan fingerprint density at radius 1 is 0.397 bits per heavy atom. The van der Waals surface area contributed by atoms with Gasteiger partial charge in [-0.3, -0.25) is 0 Å². The van der Waals surface area contributed by atoms with Crippen LogP contribution in [-0.2, 0) is 10.8 Å². The van der Waals surface area contributed by atoms with E-state index < -0.39 is 0 Å². The molecule has 0 N–H and O–H groups in total. The number of benzene rings is 8. The van der Waals surface area contributed by atoms with Crippen molar-refractivity contribution >= 4 is 51.4 Å². The van der Waals surface area contributed by atoms with Gasteiger partial charge in [0, 0.05) is 39.3 Å². The van der Waals surface area contributed by atoms with Crippen LogP contribution in [-0.4, -0.2) is 6.04 Å². The van der Waals surface area contributed by atoms with E-state index >= 15 is 0 Å². The Hall–Kier alpha value is -6.64. The van der Waals surface area contributed by atoms with E-state index in [0.717, 1.165) is 17.8 Å². The molecule has 0 saturated heterocycles. The Bertz CT molecular complexity index is 3050. The van der Waals surface area contributed by atoms with Crippen molar-refractivity contribution in [1.29, 1.82) is 0 Å². The van der Waals surface area contributed by atoms with Crippen LogP contribution in [0.4, 0.5) is 28.4 Å². The second kappa shape index (κ2) is 12.9. The summed E-state index contributed by atoms with van der Waals surface area (Å²) in [5.41, 5.74) is 16.6. The summed E-state index contributed by atoms with van der Waals surface area (Å²) in [4.78, 5) is 4.95. The zero-order valence-corrected chi connectivity index (χ0v) is 33.6. The fraction of sp³-hybridized carbons (Fsp3) is 0.143. The molecule has 1 atom stereocenters. The summed E-state index contributed by atoms with van der Waals surface area (Å²) in [6.45, 7) is 9.67. The largest absolute Gasteiger partial charge is 0.334 e. The molecule has 8 aromatic carbocycles. The average Bonchev–Trinajstić information content (AvgIpc) is 3.62. The van der Waals surface area contributed by atoms with Crippen LogP contribution in [0.25, 0.3) is 45.2 Å². The molecule has 0 spiro atoms. The van der Waals surface area contributed by atoms with Crippen LogP contribution >= 0.6 is 0 Å². The number of nitrogens with zero attached hydrogens (tertiary/aromatic N) is 2.